The number of carbonyl (C=O) groups excluding carboxylic acids is 1. The number of carbonyl (C=O) groups is 2. The molecule has 1 aromatic heterocycles. The minimum Gasteiger partial charge on any atom is -0.507 e. The summed E-state index contributed by atoms with van der Waals surface area (Å²) in [5.41, 5.74) is 2.23. The van der Waals surface area contributed by atoms with E-state index >= 15 is 0 Å². The lowest BCUT2D eigenvalue weighted by molar-refractivity contribution is -0.123. The summed E-state index contributed by atoms with van der Waals surface area (Å²) in [6.45, 7) is -0.124. The second kappa shape index (κ2) is 11.9. The van der Waals surface area contributed by atoms with Crippen molar-refractivity contribution in [3.63, 3.8) is 0 Å². The number of furan rings is 1. The first-order valence-electron chi connectivity index (χ1n) is 12.5. The van der Waals surface area contributed by atoms with Crippen LogP contribution < -0.4 is 10.1 Å². The van der Waals surface area contributed by atoms with Crippen molar-refractivity contribution in [2.45, 2.75) is 6.54 Å². The summed E-state index contributed by atoms with van der Waals surface area (Å²) in [4.78, 5) is 23.9. The van der Waals surface area contributed by atoms with Crippen LogP contribution in [0.4, 0.5) is 0 Å². The zero-order valence-electron chi connectivity index (χ0n) is 21.7. The zero-order valence-corrected chi connectivity index (χ0v) is 22.5. The van der Waals surface area contributed by atoms with Crippen molar-refractivity contribution >= 4 is 34.4 Å². The van der Waals surface area contributed by atoms with E-state index in [-0.39, 0.29) is 35.8 Å². The Hall–Kier alpha value is -5.59. The van der Waals surface area contributed by atoms with Gasteiger partial charge < -0.3 is 34.9 Å². The lowest BCUT2D eigenvalue weighted by Crippen LogP contribution is -2.28. The molecule has 0 spiro atoms. The minimum absolute atomic E-state index is 0.138. The Morgan fingerprint density at radius 3 is 2.38 bits per heavy atom. The van der Waals surface area contributed by atoms with Gasteiger partial charge in [-0.3, -0.25) is 4.79 Å². The van der Waals surface area contributed by atoms with Gasteiger partial charge in [-0.2, -0.15) is 0 Å². The van der Waals surface area contributed by atoms with Crippen LogP contribution in [0, 0.1) is 11.8 Å². The molecular weight excluding hydrogens is 562 g/mol. The van der Waals surface area contributed by atoms with Gasteiger partial charge in [0, 0.05) is 34.1 Å². The highest BCUT2D eigenvalue weighted by Gasteiger charge is 2.20. The molecule has 0 bridgehead atoms. The Balaban J connectivity index is 1.37. The molecule has 5 N–H and O–H groups in total. The van der Waals surface area contributed by atoms with E-state index in [1.54, 1.807) is 54.6 Å². The maximum atomic E-state index is 12.2. The van der Waals surface area contributed by atoms with E-state index < -0.39 is 17.6 Å². The van der Waals surface area contributed by atoms with Crippen molar-refractivity contribution in [2.24, 2.45) is 0 Å². The van der Waals surface area contributed by atoms with Gasteiger partial charge in [-0.05, 0) is 66.2 Å². The smallest absolute Gasteiger partial charge is 0.339 e. The van der Waals surface area contributed by atoms with Crippen LogP contribution >= 0.6 is 11.6 Å². The lowest BCUT2D eigenvalue weighted by atomic mass is 10.0. The molecule has 0 aliphatic rings. The summed E-state index contributed by atoms with van der Waals surface area (Å²) in [5.74, 6) is 4.20. The number of hydrogen-bond acceptors (Lipinski definition) is 7. The van der Waals surface area contributed by atoms with Crippen LogP contribution in [-0.2, 0) is 11.3 Å². The van der Waals surface area contributed by atoms with Crippen LogP contribution in [0.5, 0.6) is 23.0 Å². The van der Waals surface area contributed by atoms with Crippen molar-refractivity contribution < 1.29 is 39.2 Å². The highest BCUT2D eigenvalue weighted by atomic mass is 35.5. The molecule has 9 nitrogen and oxygen atoms in total. The standard InChI is InChI=1S/C32H22ClNO8/c33-21-3-1-2-18(12-21)4-10-23-24-14-25(32(39)40)27(36)15-29(24)42-31(23)20-6-8-22(9-7-20)41-17-30(38)34-16-19-5-11-26(35)28(37)13-19/h1-3,5-9,11-15,35-37H,16-17H2,(H,34,38)(H,39,40). The van der Waals surface area contributed by atoms with E-state index in [2.05, 4.69) is 17.2 Å². The average Bonchev–Trinajstić information content (AvgIpc) is 3.32. The molecule has 0 radical (unpaired) electrons. The van der Waals surface area contributed by atoms with E-state index in [0.717, 1.165) is 0 Å². The number of benzene rings is 4. The van der Waals surface area contributed by atoms with Gasteiger partial charge in [-0.15, -0.1) is 0 Å². The molecule has 0 saturated heterocycles. The van der Waals surface area contributed by atoms with Gasteiger partial charge in [-0.25, -0.2) is 4.79 Å². The molecule has 4 aromatic carbocycles. The Morgan fingerprint density at radius 1 is 0.881 bits per heavy atom. The monoisotopic (exact) mass is 583 g/mol. The number of carboxylic acids is 1. The Morgan fingerprint density at radius 2 is 1.67 bits per heavy atom. The van der Waals surface area contributed by atoms with Gasteiger partial charge >= 0.3 is 5.97 Å². The fraction of sp³-hybridized carbons (Fsp3) is 0.0625. The number of amides is 1. The summed E-state index contributed by atoms with van der Waals surface area (Å²) in [5, 5.41) is 42.3. The van der Waals surface area contributed by atoms with Crippen LogP contribution in [0.15, 0.2) is 83.3 Å². The van der Waals surface area contributed by atoms with Gasteiger partial charge in [0.2, 0.25) is 0 Å². The molecule has 210 valence electrons. The molecule has 42 heavy (non-hydrogen) atoms. The molecule has 10 heteroatoms. The Labute approximate surface area is 244 Å². The average molecular weight is 584 g/mol. The zero-order chi connectivity index (χ0) is 29.8. The van der Waals surface area contributed by atoms with Gasteiger partial charge in [0.25, 0.3) is 5.91 Å². The number of ether oxygens (including phenoxy) is 1. The molecule has 0 fully saturated rings. The van der Waals surface area contributed by atoms with Crippen molar-refractivity contribution in [3.8, 4) is 46.2 Å². The molecule has 0 aliphatic heterocycles. The number of halogens is 1. The molecule has 5 aromatic rings. The topological polar surface area (TPSA) is 149 Å². The third kappa shape index (κ3) is 6.25. The molecule has 0 saturated carbocycles. The first-order chi connectivity index (χ1) is 20.2. The first kappa shape index (κ1) is 28.0. The summed E-state index contributed by atoms with van der Waals surface area (Å²) in [6.07, 6.45) is 0. The maximum absolute atomic E-state index is 12.2. The maximum Gasteiger partial charge on any atom is 0.339 e. The van der Waals surface area contributed by atoms with Gasteiger partial charge in [0.1, 0.15) is 22.6 Å². The number of hydrogen-bond donors (Lipinski definition) is 5. The van der Waals surface area contributed by atoms with Crippen molar-refractivity contribution in [3.05, 3.63) is 106 Å². The summed E-state index contributed by atoms with van der Waals surface area (Å²) >= 11 is 6.08. The van der Waals surface area contributed by atoms with E-state index in [4.69, 9.17) is 20.8 Å². The predicted octanol–water partition coefficient (Wildman–Crippen LogP) is 5.66. The van der Waals surface area contributed by atoms with E-state index in [1.165, 1.54) is 24.3 Å². The highest BCUT2D eigenvalue weighted by Crippen LogP contribution is 2.37. The van der Waals surface area contributed by atoms with Gasteiger partial charge in [0.05, 0.1) is 5.56 Å². The van der Waals surface area contributed by atoms with E-state index in [1.807, 2.05) is 0 Å². The molecule has 0 unspecified atom stereocenters. The van der Waals surface area contributed by atoms with Gasteiger partial charge in [-0.1, -0.05) is 35.6 Å². The van der Waals surface area contributed by atoms with Crippen molar-refractivity contribution in [2.75, 3.05) is 6.61 Å². The number of carboxylic acid groups (broad SMARTS) is 1. The minimum atomic E-state index is -1.29. The number of phenols is 3. The first-order valence-corrected chi connectivity index (χ1v) is 12.9. The number of phenolic OH excluding ortho intramolecular Hbond substituents is 2. The molecule has 5 rings (SSSR count). The number of aromatic carboxylic acids is 1. The second-order valence-corrected chi connectivity index (χ2v) is 9.59. The van der Waals surface area contributed by atoms with Crippen LogP contribution in [0.25, 0.3) is 22.3 Å². The number of nitrogens with one attached hydrogen (secondary N) is 1. The largest absolute Gasteiger partial charge is 0.507 e. The van der Waals surface area contributed by atoms with Gasteiger partial charge in [0.15, 0.2) is 23.9 Å². The van der Waals surface area contributed by atoms with Crippen molar-refractivity contribution in [1.82, 2.24) is 5.32 Å². The third-order valence-electron chi connectivity index (χ3n) is 6.21. The predicted molar refractivity (Wildman–Crippen MR) is 155 cm³/mol. The third-order valence-corrected chi connectivity index (χ3v) is 6.44. The number of rotatable bonds is 7. The molecule has 0 aliphatic carbocycles. The molecule has 1 heterocycles. The summed E-state index contributed by atoms with van der Waals surface area (Å²) in [6, 6.07) is 20.5. The highest BCUT2D eigenvalue weighted by molar-refractivity contribution is 6.30. The van der Waals surface area contributed by atoms with E-state index in [9.17, 15) is 30.0 Å². The SMILES string of the molecule is O=C(COc1ccc(-c2oc3cc(O)c(C(=O)O)cc3c2C#Cc2cccc(Cl)c2)cc1)NCc1ccc(O)c(O)c1. The molecule has 0 atom stereocenters. The fourth-order valence-electron chi connectivity index (χ4n) is 4.11. The normalized spacial score (nSPS) is 10.6. The second-order valence-electron chi connectivity index (χ2n) is 9.15. The van der Waals surface area contributed by atoms with Crippen molar-refractivity contribution in [1.29, 1.82) is 0 Å². The molecule has 1 amide bonds. The summed E-state index contributed by atoms with van der Waals surface area (Å²) < 4.78 is 11.6. The Bertz CT molecular complexity index is 1880. The van der Waals surface area contributed by atoms with Crippen LogP contribution in [0.3, 0.4) is 0 Å². The van der Waals surface area contributed by atoms with Crippen LogP contribution in [0.2, 0.25) is 5.02 Å². The fourth-order valence-corrected chi connectivity index (χ4v) is 4.30. The molecular formula is C32H22ClNO8. The number of aromatic hydroxyl groups is 3. The lowest BCUT2D eigenvalue weighted by Gasteiger charge is -2.09. The summed E-state index contributed by atoms with van der Waals surface area (Å²) in [7, 11) is 0. The Kier molecular flexibility index (Phi) is 7.91. The quantitative estimate of drug-likeness (QED) is 0.122. The van der Waals surface area contributed by atoms with E-state index in [0.29, 0.717) is 44.2 Å². The van der Waals surface area contributed by atoms with Crippen LogP contribution in [0.1, 0.15) is 27.0 Å². The number of fused-ring (bicyclic) bond motifs is 1. The van der Waals surface area contributed by atoms with Crippen LogP contribution in [-0.4, -0.2) is 38.9 Å².